The third kappa shape index (κ3) is 4.89. The molecule has 8 heteroatoms. The first kappa shape index (κ1) is 17.8. The lowest BCUT2D eigenvalue weighted by Crippen LogP contribution is -2.60. The lowest BCUT2D eigenvalue weighted by atomic mass is 10.1. The maximum atomic E-state index is 12.0. The first-order valence-electron chi connectivity index (χ1n) is 7.41. The summed E-state index contributed by atoms with van der Waals surface area (Å²) in [7, 11) is 0. The summed E-state index contributed by atoms with van der Waals surface area (Å²) in [6.45, 7) is 5.03. The highest BCUT2D eigenvalue weighted by molar-refractivity contribution is 4.73. The van der Waals surface area contributed by atoms with Crippen molar-refractivity contribution in [1.29, 1.82) is 0 Å². The number of azo groups is 1. The topological polar surface area (TPSA) is 100 Å². The lowest BCUT2D eigenvalue weighted by Gasteiger charge is -2.34. The average molecular weight is 303 g/mol. The lowest BCUT2D eigenvalue weighted by molar-refractivity contribution is -0.827. The van der Waals surface area contributed by atoms with E-state index in [0.29, 0.717) is 0 Å². The minimum Gasteiger partial charge on any atom is -0.594 e. The van der Waals surface area contributed by atoms with Gasteiger partial charge in [0.25, 0.3) is 0 Å². The Bertz CT molecular complexity index is 374. The Kier molecular flexibility index (Phi) is 6.47. The zero-order valence-corrected chi connectivity index (χ0v) is 13.0. The van der Waals surface area contributed by atoms with E-state index < -0.39 is 16.4 Å². The third-order valence-electron chi connectivity index (χ3n) is 3.49. The van der Waals surface area contributed by atoms with Gasteiger partial charge >= 0.3 is 5.66 Å². The second kappa shape index (κ2) is 7.65. The highest BCUT2D eigenvalue weighted by Crippen LogP contribution is 2.26. The van der Waals surface area contributed by atoms with Gasteiger partial charge in [-0.15, -0.1) is 0 Å². The van der Waals surface area contributed by atoms with Gasteiger partial charge in [0.1, 0.15) is 11.5 Å². The number of ether oxygens (including phenoxy) is 2. The Morgan fingerprint density at radius 3 is 2.19 bits per heavy atom. The second-order valence-electron chi connectivity index (χ2n) is 5.77. The number of rotatable bonds is 8. The Labute approximate surface area is 124 Å². The molecule has 21 heavy (non-hydrogen) atoms. The fraction of sp³-hybridized carbons (Fsp3) is 1.00. The molecule has 0 radical (unpaired) electrons. The Morgan fingerprint density at radius 1 is 1.10 bits per heavy atom. The Hall–Kier alpha value is -1.28. The van der Waals surface area contributed by atoms with E-state index in [4.69, 9.17) is 9.47 Å². The first-order valence-corrected chi connectivity index (χ1v) is 7.41. The van der Waals surface area contributed by atoms with Crippen LogP contribution in [0.25, 0.3) is 0 Å². The van der Waals surface area contributed by atoms with Crippen molar-refractivity contribution in [1.82, 2.24) is 0 Å². The second-order valence-corrected chi connectivity index (χ2v) is 5.77. The predicted molar refractivity (Wildman–Crippen MR) is 75.4 cm³/mol. The number of hydroxylamine groups is 1. The highest BCUT2D eigenvalue weighted by atomic mass is 16.7. The first-order chi connectivity index (χ1) is 9.84. The summed E-state index contributed by atoms with van der Waals surface area (Å²) in [5, 5.41) is 27.0. The van der Waals surface area contributed by atoms with Gasteiger partial charge in [-0.3, -0.25) is 10.1 Å². The standard InChI is InChI=1S/C13H25N3O5/c1-4-5-6-7-8-9-14-15(17)13(16(18)19)10-20-12(2,3)21-11-13/h4-11H2,1-3H3. The summed E-state index contributed by atoms with van der Waals surface area (Å²) in [4.78, 5) is 10.7. The van der Waals surface area contributed by atoms with Gasteiger partial charge in [-0.1, -0.05) is 32.6 Å². The molecule has 1 fully saturated rings. The largest absolute Gasteiger partial charge is 0.594 e. The molecule has 0 spiro atoms. The molecular weight excluding hydrogens is 278 g/mol. The summed E-state index contributed by atoms with van der Waals surface area (Å²) in [5.41, 5.74) is -1.97. The minimum atomic E-state index is -1.97. The van der Waals surface area contributed by atoms with E-state index in [2.05, 4.69) is 12.0 Å². The number of hydrogen-bond donors (Lipinski definition) is 0. The van der Waals surface area contributed by atoms with Crippen molar-refractivity contribution in [2.45, 2.75) is 64.3 Å². The van der Waals surface area contributed by atoms with Crippen LogP contribution in [0.1, 0.15) is 52.9 Å². The normalized spacial score (nSPS) is 21.2. The van der Waals surface area contributed by atoms with Crippen LogP contribution in [0.15, 0.2) is 5.11 Å². The van der Waals surface area contributed by atoms with Crippen LogP contribution in [0.2, 0.25) is 0 Å². The van der Waals surface area contributed by atoms with Gasteiger partial charge < -0.3 is 14.7 Å². The summed E-state index contributed by atoms with van der Waals surface area (Å²) in [6.07, 6.45) is 5.10. The molecule has 0 bridgehead atoms. The van der Waals surface area contributed by atoms with Crippen molar-refractivity contribution < 1.29 is 19.3 Å². The van der Waals surface area contributed by atoms with Gasteiger partial charge in [0.2, 0.25) is 0 Å². The monoisotopic (exact) mass is 303 g/mol. The summed E-state index contributed by atoms with van der Waals surface area (Å²) >= 11 is 0. The van der Waals surface area contributed by atoms with Crippen molar-refractivity contribution in [2.24, 2.45) is 5.11 Å². The Balaban J connectivity index is 2.58. The van der Waals surface area contributed by atoms with Crippen molar-refractivity contribution >= 4 is 0 Å². The van der Waals surface area contributed by atoms with E-state index >= 15 is 0 Å². The van der Waals surface area contributed by atoms with E-state index in [0.717, 1.165) is 32.1 Å². The fourth-order valence-electron chi connectivity index (χ4n) is 1.96. The van der Waals surface area contributed by atoms with Gasteiger partial charge in [-0.05, 0) is 30.2 Å². The molecule has 0 aromatic heterocycles. The summed E-state index contributed by atoms with van der Waals surface area (Å²) < 4.78 is 10.5. The maximum Gasteiger partial charge on any atom is 0.483 e. The van der Waals surface area contributed by atoms with Gasteiger partial charge in [-0.25, -0.2) is 0 Å². The molecule has 0 atom stereocenters. The van der Waals surface area contributed by atoms with Gasteiger partial charge in [-0.2, -0.15) is 0 Å². The van der Waals surface area contributed by atoms with E-state index in [9.17, 15) is 15.3 Å². The van der Waals surface area contributed by atoms with Crippen LogP contribution >= 0.6 is 0 Å². The van der Waals surface area contributed by atoms with Crippen LogP contribution in [0.4, 0.5) is 0 Å². The number of hydrogen-bond acceptors (Lipinski definition) is 6. The molecule has 8 nitrogen and oxygen atoms in total. The summed E-state index contributed by atoms with van der Waals surface area (Å²) in [6, 6.07) is 0. The molecule has 1 saturated heterocycles. The third-order valence-corrected chi connectivity index (χ3v) is 3.49. The van der Waals surface area contributed by atoms with E-state index in [1.54, 1.807) is 13.8 Å². The number of nitrogens with zero attached hydrogens (tertiary/aromatic N) is 3. The molecule has 1 rings (SSSR count). The smallest absolute Gasteiger partial charge is 0.483 e. The molecule has 0 aromatic carbocycles. The van der Waals surface area contributed by atoms with Gasteiger partial charge in [0.15, 0.2) is 19.0 Å². The molecule has 1 aliphatic heterocycles. The van der Waals surface area contributed by atoms with Crippen molar-refractivity contribution in [3.63, 3.8) is 0 Å². The zero-order chi connectivity index (χ0) is 15.9. The van der Waals surface area contributed by atoms with Crippen molar-refractivity contribution in [3.8, 4) is 0 Å². The Morgan fingerprint density at radius 2 is 1.67 bits per heavy atom. The van der Waals surface area contributed by atoms with Crippen LogP contribution in [-0.4, -0.2) is 41.0 Å². The van der Waals surface area contributed by atoms with Crippen molar-refractivity contribution in [3.05, 3.63) is 15.3 Å². The van der Waals surface area contributed by atoms with E-state index in [-0.39, 0.29) is 24.6 Å². The minimum absolute atomic E-state index is 0.155. The summed E-state index contributed by atoms with van der Waals surface area (Å²) in [5.74, 6) is -0.916. The molecular formula is C13H25N3O5. The van der Waals surface area contributed by atoms with Crippen molar-refractivity contribution in [2.75, 3.05) is 19.8 Å². The molecule has 0 amide bonds. The quantitative estimate of drug-likeness (QED) is 0.171. The van der Waals surface area contributed by atoms with E-state index in [1.807, 2.05) is 0 Å². The van der Waals surface area contributed by atoms with Gasteiger partial charge in [0.05, 0.1) is 0 Å². The molecule has 0 aliphatic carbocycles. The fourth-order valence-corrected chi connectivity index (χ4v) is 1.96. The van der Waals surface area contributed by atoms with Gasteiger partial charge in [0, 0.05) is 0 Å². The molecule has 0 N–H and O–H groups in total. The van der Waals surface area contributed by atoms with E-state index in [1.165, 1.54) is 0 Å². The van der Waals surface area contributed by atoms with Crippen LogP contribution in [0.5, 0.6) is 0 Å². The molecule has 1 heterocycles. The molecule has 0 aromatic rings. The molecule has 1 aliphatic rings. The van der Waals surface area contributed by atoms with Crippen LogP contribution in [0.3, 0.4) is 0 Å². The maximum absolute atomic E-state index is 12.0. The highest BCUT2D eigenvalue weighted by Gasteiger charge is 2.59. The van der Waals surface area contributed by atoms with Crippen LogP contribution in [0, 0.1) is 15.3 Å². The predicted octanol–water partition coefficient (Wildman–Crippen LogP) is 2.68. The van der Waals surface area contributed by atoms with Crippen LogP contribution < -0.4 is 0 Å². The molecule has 0 saturated carbocycles. The SMILES string of the molecule is CCCCCCCN=[N+]([O-])C1([N+](=O)[O-])COC(C)(C)OC1. The number of unbranched alkanes of at least 4 members (excludes halogenated alkanes) is 4. The zero-order valence-electron chi connectivity index (χ0n) is 13.0. The number of nitro groups is 1. The molecule has 122 valence electrons. The van der Waals surface area contributed by atoms with Crippen LogP contribution in [-0.2, 0) is 9.47 Å². The average Bonchev–Trinajstić information content (AvgIpc) is 2.42. The molecule has 0 unspecified atom stereocenters.